The second-order valence-corrected chi connectivity index (χ2v) is 3.82. The Morgan fingerprint density at radius 3 is 2.44 bits per heavy atom. The van der Waals surface area contributed by atoms with E-state index in [4.69, 9.17) is 5.73 Å². The third-order valence-corrected chi connectivity index (χ3v) is 2.65. The number of carbonyl (C=O) groups excluding carboxylic acids is 1. The molecule has 18 heavy (non-hydrogen) atoms. The van der Waals surface area contributed by atoms with Crippen molar-refractivity contribution >= 4 is 11.7 Å². The molecule has 0 aromatic heterocycles. The van der Waals surface area contributed by atoms with E-state index in [9.17, 15) is 9.90 Å². The standard InChI is InChI=1S/C14H13NO3/c1-18-14(17)11-7-10(8-12(15)13(11)16)9-5-3-2-4-6-9/h2-8,16H,15H2,1H3. The summed E-state index contributed by atoms with van der Waals surface area (Å²) in [6.45, 7) is 0. The van der Waals surface area contributed by atoms with E-state index in [0.717, 1.165) is 11.1 Å². The minimum atomic E-state index is -0.614. The van der Waals surface area contributed by atoms with Crippen LogP contribution in [0, 0.1) is 0 Å². The molecule has 0 radical (unpaired) electrons. The molecule has 0 bridgehead atoms. The highest BCUT2D eigenvalue weighted by molar-refractivity contribution is 5.96. The number of anilines is 1. The number of methoxy groups -OCH3 is 1. The molecule has 0 aliphatic carbocycles. The quantitative estimate of drug-likeness (QED) is 0.482. The number of phenols is 1. The summed E-state index contributed by atoms with van der Waals surface area (Å²) in [5.74, 6) is -0.862. The molecule has 3 N–H and O–H groups in total. The van der Waals surface area contributed by atoms with Gasteiger partial charge in [0.1, 0.15) is 5.56 Å². The topological polar surface area (TPSA) is 72.5 Å². The van der Waals surface area contributed by atoms with Gasteiger partial charge in [0.25, 0.3) is 0 Å². The van der Waals surface area contributed by atoms with E-state index >= 15 is 0 Å². The predicted octanol–water partition coefficient (Wildman–Crippen LogP) is 2.43. The summed E-state index contributed by atoms with van der Waals surface area (Å²) in [5.41, 5.74) is 7.58. The molecule has 4 heteroatoms. The number of phenolic OH excluding ortho intramolecular Hbond substituents is 1. The Hall–Kier alpha value is -2.49. The first kappa shape index (κ1) is 12.0. The molecule has 0 saturated carbocycles. The Balaban J connectivity index is 2.58. The summed E-state index contributed by atoms with van der Waals surface area (Å²) in [7, 11) is 1.26. The Bertz CT molecular complexity index is 579. The van der Waals surface area contributed by atoms with Gasteiger partial charge < -0.3 is 15.6 Å². The maximum Gasteiger partial charge on any atom is 0.341 e. The van der Waals surface area contributed by atoms with Gasteiger partial charge in [-0.15, -0.1) is 0 Å². The van der Waals surface area contributed by atoms with Crippen LogP contribution in [0.25, 0.3) is 11.1 Å². The van der Waals surface area contributed by atoms with E-state index in [1.54, 1.807) is 12.1 Å². The van der Waals surface area contributed by atoms with Crippen molar-refractivity contribution in [3.05, 3.63) is 48.0 Å². The maximum absolute atomic E-state index is 11.5. The van der Waals surface area contributed by atoms with Gasteiger partial charge in [-0.2, -0.15) is 0 Å². The number of ether oxygens (including phenoxy) is 1. The van der Waals surface area contributed by atoms with Crippen LogP contribution in [-0.4, -0.2) is 18.2 Å². The Morgan fingerprint density at radius 2 is 1.83 bits per heavy atom. The van der Waals surface area contributed by atoms with Gasteiger partial charge >= 0.3 is 5.97 Å². The summed E-state index contributed by atoms with van der Waals surface area (Å²) in [4.78, 5) is 11.5. The lowest BCUT2D eigenvalue weighted by Crippen LogP contribution is -2.03. The Morgan fingerprint density at radius 1 is 1.17 bits per heavy atom. The number of benzene rings is 2. The van der Waals surface area contributed by atoms with Crippen LogP contribution in [0.15, 0.2) is 42.5 Å². The molecule has 0 atom stereocenters. The third kappa shape index (κ3) is 2.13. The maximum atomic E-state index is 11.5. The lowest BCUT2D eigenvalue weighted by Gasteiger charge is -2.09. The summed E-state index contributed by atoms with van der Waals surface area (Å²) < 4.78 is 4.61. The molecule has 0 spiro atoms. The van der Waals surface area contributed by atoms with Crippen LogP contribution in [0.3, 0.4) is 0 Å². The summed E-state index contributed by atoms with van der Waals surface area (Å²) in [6.07, 6.45) is 0. The van der Waals surface area contributed by atoms with Crippen molar-refractivity contribution in [1.29, 1.82) is 0 Å². The first-order valence-electron chi connectivity index (χ1n) is 5.39. The van der Waals surface area contributed by atoms with Gasteiger partial charge in [0.05, 0.1) is 12.8 Å². The number of aromatic hydroxyl groups is 1. The molecule has 0 fully saturated rings. The van der Waals surface area contributed by atoms with Gasteiger partial charge in [0, 0.05) is 0 Å². The molecule has 0 unspecified atom stereocenters. The zero-order chi connectivity index (χ0) is 13.1. The summed E-state index contributed by atoms with van der Waals surface area (Å²) in [6, 6.07) is 12.6. The minimum Gasteiger partial charge on any atom is -0.505 e. The molecule has 4 nitrogen and oxygen atoms in total. The van der Waals surface area contributed by atoms with Crippen LogP contribution >= 0.6 is 0 Å². The van der Waals surface area contributed by atoms with Gasteiger partial charge in [0.2, 0.25) is 0 Å². The zero-order valence-corrected chi connectivity index (χ0v) is 9.88. The monoisotopic (exact) mass is 243 g/mol. The van der Waals surface area contributed by atoms with E-state index in [1.165, 1.54) is 7.11 Å². The average molecular weight is 243 g/mol. The first-order chi connectivity index (χ1) is 8.63. The summed E-state index contributed by atoms with van der Waals surface area (Å²) in [5, 5.41) is 9.74. The second-order valence-electron chi connectivity index (χ2n) is 3.82. The predicted molar refractivity (Wildman–Crippen MR) is 69.3 cm³/mol. The molecule has 0 aliphatic heterocycles. The van der Waals surface area contributed by atoms with E-state index in [2.05, 4.69) is 4.74 Å². The van der Waals surface area contributed by atoms with Crippen LogP contribution in [0.5, 0.6) is 5.75 Å². The highest BCUT2D eigenvalue weighted by Crippen LogP contribution is 2.32. The lowest BCUT2D eigenvalue weighted by atomic mass is 10.0. The number of hydrogen-bond acceptors (Lipinski definition) is 4. The number of rotatable bonds is 2. The van der Waals surface area contributed by atoms with E-state index < -0.39 is 5.97 Å². The number of hydrogen-bond donors (Lipinski definition) is 2. The average Bonchev–Trinajstić information content (AvgIpc) is 2.41. The van der Waals surface area contributed by atoms with Crippen LogP contribution < -0.4 is 5.73 Å². The molecular weight excluding hydrogens is 230 g/mol. The van der Waals surface area contributed by atoms with Crippen molar-refractivity contribution in [1.82, 2.24) is 0 Å². The highest BCUT2D eigenvalue weighted by atomic mass is 16.5. The van der Waals surface area contributed by atoms with Crippen LogP contribution in [0.2, 0.25) is 0 Å². The fourth-order valence-electron chi connectivity index (χ4n) is 1.72. The largest absolute Gasteiger partial charge is 0.505 e. The van der Waals surface area contributed by atoms with Crippen molar-refractivity contribution in [2.45, 2.75) is 0 Å². The van der Waals surface area contributed by atoms with Crippen LogP contribution in [-0.2, 0) is 4.74 Å². The molecule has 2 rings (SSSR count). The highest BCUT2D eigenvalue weighted by Gasteiger charge is 2.16. The molecule has 2 aromatic carbocycles. The van der Waals surface area contributed by atoms with Crippen molar-refractivity contribution < 1.29 is 14.6 Å². The van der Waals surface area contributed by atoms with Crippen LogP contribution in [0.4, 0.5) is 5.69 Å². The fraction of sp³-hybridized carbons (Fsp3) is 0.0714. The SMILES string of the molecule is COC(=O)c1cc(-c2ccccc2)cc(N)c1O. The van der Waals surface area contributed by atoms with Crippen molar-refractivity contribution in [3.63, 3.8) is 0 Å². The Labute approximate surface area is 105 Å². The normalized spacial score (nSPS) is 10.1. The van der Waals surface area contributed by atoms with Crippen molar-refractivity contribution in [3.8, 4) is 16.9 Å². The molecule has 0 aliphatic rings. The van der Waals surface area contributed by atoms with Gasteiger partial charge in [-0.25, -0.2) is 4.79 Å². The number of carbonyl (C=O) groups is 1. The van der Waals surface area contributed by atoms with Crippen molar-refractivity contribution in [2.75, 3.05) is 12.8 Å². The Kier molecular flexibility index (Phi) is 3.19. The van der Waals surface area contributed by atoms with Gasteiger partial charge in [-0.05, 0) is 23.3 Å². The molecule has 2 aromatic rings. The molecule has 0 heterocycles. The number of nitrogen functional groups attached to an aromatic ring is 1. The van der Waals surface area contributed by atoms with E-state index in [1.807, 2.05) is 30.3 Å². The second kappa shape index (κ2) is 4.79. The van der Waals surface area contributed by atoms with E-state index in [0.29, 0.717) is 0 Å². The third-order valence-electron chi connectivity index (χ3n) is 2.65. The van der Waals surface area contributed by atoms with Gasteiger partial charge in [-0.1, -0.05) is 30.3 Å². The lowest BCUT2D eigenvalue weighted by molar-refractivity contribution is 0.0597. The summed E-state index contributed by atoms with van der Waals surface area (Å²) >= 11 is 0. The van der Waals surface area contributed by atoms with Crippen molar-refractivity contribution in [2.24, 2.45) is 0 Å². The smallest absolute Gasteiger partial charge is 0.341 e. The number of nitrogens with two attached hydrogens (primary N) is 1. The van der Waals surface area contributed by atoms with E-state index in [-0.39, 0.29) is 17.0 Å². The number of esters is 1. The first-order valence-corrected chi connectivity index (χ1v) is 5.39. The molecule has 92 valence electrons. The molecular formula is C14H13NO3. The van der Waals surface area contributed by atoms with Gasteiger partial charge in [-0.3, -0.25) is 0 Å². The minimum absolute atomic E-state index is 0.0661. The zero-order valence-electron chi connectivity index (χ0n) is 9.88. The molecule has 0 amide bonds. The molecule has 0 saturated heterocycles. The van der Waals surface area contributed by atoms with Crippen LogP contribution in [0.1, 0.15) is 10.4 Å². The fourth-order valence-corrected chi connectivity index (χ4v) is 1.72. The van der Waals surface area contributed by atoms with Gasteiger partial charge in [0.15, 0.2) is 5.75 Å².